The first-order valence-electron chi connectivity index (χ1n) is 7.12. The standard InChI is InChI=1S/C15H22N2O3/c1-2-11(7-8-18)9-17-15(19)14-10-16-12-5-3-4-6-13(12)20-14/h3-6,11,14,16,18H,2,7-10H2,1H3,(H,17,19). The maximum Gasteiger partial charge on any atom is 0.262 e. The monoisotopic (exact) mass is 278 g/mol. The van der Waals surface area contributed by atoms with Crippen LogP contribution in [0.3, 0.4) is 0 Å². The fourth-order valence-corrected chi connectivity index (χ4v) is 2.25. The minimum absolute atomic E-state index is 0.108. The first-order chi connectivity index (χ1) is 9.74. The van der Waals surface area contributed by atoms with Crippen molar-refractivity contribution in [2.75, 3.05) is 25.0 Å². The zero-order valence-electron chi connectivity index (χ0n) is 11.8. The molecule has 2 atom stereocenters. The maximum atomic E-state index is 12.1. The number of ether oxygens (including phenoxy) is 1. The van der Waals surface area contributed by atoms with E-state index < -0.39 is 6.10 Å². The molecule has 1 aliphatic rings. The molecule has 0 spiro atoms. The summed E-state index contributed by atoms with van der Waals surface area (Å²) in [5.74, 6) is 0.914. The van der Waals surface area contributed by atoms with Crippen molar-refractivity contribution >= 4 is 11.6 Å². The number of aliphatic hydroxyl groups is 1. The predicted octanol–water partition coefficient (Wildman–Crippen LogP) is 1.38. The molecule has 0 saturated carbocycles. The van der Waals surface area contributed by atoms with Gasteiger partial charge in [-0.25, -0.2) is 0 Å². The summed E-state index contributed by atoms with van der Waals surface area (Å²) < 4.78 is 5.70. The number of hydrogen-bond donors (Lipinski definition) is 3. The molecule has 0 bridgehead atoms. The van der Waals surface area contributed by atoms with E-state index in [4.69, 9.17) is 9.84 Å². The van der Waals surface area contributed by atoms with Gasteiger partial charge in [-0.15, -0.1) is 0 Å². The molecule has 5 nitrogen and oxygen atoms in total. The average Bonchev–Trinajstić information content (AvgIpc) is 2.50. The van der Waals surface area contributed by atoms with Gasteiger partial charge in [-0.05, 0) is 24.5 Å². The van der Waals surface area contributed by atoms with Gasteiger partial charge in [-0.3, -0.25) is 4.79 Å². The zero-order chi connectivity index (χ0) is 14.4. The Morgan fingerprint density at radius 2 is 2.35 bits per heavy atom. The number of carbonyl (C=O) groups is 1. The van der Waals surface area contributed by atoms with Crippen molar-refractivity contribution in [2.24, 2.45) is 5.92 Å². The van der Waals surface area contributed by atoms with Gasteiger partial charge in [0.1, 0.15) is 5.75 Å². The van der Waals surface area contributed by atoms with Crippen LogP contribution >= 0.6 is 0 Å². The predicted molar refractivity (Wildman–Crippen MR) is 77.8 cm³/mol. The topological polar surface area (TPSA) is 70.6 Å². The maximum absolute atomic E-state index is 12.1. The van der Waals surface area contributed by atoms with E-state index in [0.29, 0.717) is 31.2 Å². The number of anilines is 1. The van der Waals surface area contributed by atoms with Crippen molar-refractivity contribution in [3.63, 3.8) is 0 Å². The van der Waals surface area contributed by atoms with Crippen molar-refractivity contribution < 1.29 is 14.6 Å². The lowest BCUT2D eigenvalue weighted by molar-refractivity contribution is -0.127. The van der Waals surface area contributed by atoms with Crippen molar-refractivity contribution in [1.82, 2.24) is 5.32 Å². The Bertz CT molecular complexity index is 450. The average molecular weight is 278 g/mol. The lowest BCUT2D eigenvalue weighted by Gasteiger charge is -2.27. The van der Waals surface area contributed by atoms with Crippen LogP contribution in [0, 0.1) is 5.92 Å². The Balaban J connectivity index is 1.85. The second-order valence-electron chi connectivity index (χ2n) is 5.02. The van der Waals surface area contributed by atoms with Gasteiger partial charge in [0.15, 0.2) is 6.10 Å². The highest BCUT2D eigenvalue weighted by Gasteiger charge is 2.25. The molecule has 110 valence electrons. The lowest BCUT2D eigenvalue weighted by atomic mass is 10.0. The highest BCUT2D eigenvalue weighted by molar-refractivity contribution is 5.83. The summed E-state index contributed by atoms with van der Waals surface area (Å²) in [6.45, 7) is 3.27. The number of para-hydroxylation sites is 2. The SMILES string of the molecule is CCC(CCO)CNC(=O)C1CNc2ccccc2O1. The molecule has 1 heterocycles. The fourth-order valence-electron chi connectivity index (χ4n) is 2.25. The van der Waals surface area contributed by atoms with Crippen LogP contribution in [0.4, 0.5) is 5.69 Å². The molecule has 0 radical (unpaired) electrons. The molecule has 0 fully saturated rings. The van der Waals surface area contributed by atoms with Gasteiger partial charge in [0, 0.05) is 13.2 Å². The number of amides is 1. The van der Waals surface area contributed by atoms with Gasteiger partial charge in [0.2, 0.25) is 0 Å². The number of fused-ring (bicyclic) bond motifs is 1. The van der Waals surface area contributed by atoms with E-state index in [1.54, 1.807) is 0 Å². The van der Waals surface area contributed by atoms with Crippen molar-refractivity contribution in [2.45, 2.75) is 25.9 Å². The summed E-state index contributed by atoms with van der Waals surface area (Å²) in [5.41, 5.74) is 0.920. The molecular formula is C15H22N2O3. The summed E-state index contributed by atoms with van der Waals surface area (Å²) in [6, 6.07) is 7.59. The van der Waals surface area contributed by atoms with Gasteiger partial charge >= 0.3 is 0 Å². The van der Waals surface area contributed by atoms with Crippen molar-refractivity contribution in [3.05, 3.63) is 24.3 Å². The number of rotatable bonds is 6. The van der Waals surface area contributed by atoms with E-state index in [1.165, 1.54) is 0 Å². The number of hydrogen-bond acceptors (Lipinski definition) is 4. The van der Waals surface area contributed by atoms with Gasteiger partial charge in [-0.2, -0.15) is 0 Å². The second-order valence-corrected chi connectivity index (χ2v) is 5.02. The Kier molecular flexibility index (Phi) is 5.24. The summed E-state index contributed by atoms with van der Waals surface area (Å²) in [6.07, 6.45) is 1.15. The highest BCUT2D eigenvalue weighted by Crippen LogP contribution is 2.28. The quantitative estimate of drug-likeness (QED) is 0.735. The minimum atomic E-state index is -0.503. The van der Waals surface area contributed by atoms with Crippen LogP contribution in [-0.4, -0.2) is 36.8 Å². The second kappa shape index (κ2) is 7.14. The third-order valence-corrected chi connectivity index (χ3v) is 3.61. The first-order valence-corrected chi connectivity index (χ1v) is 7.12. The molecule has 20 heavy (non-hydrogen) atoms. The summed E-state index contributed by atoms with van der Waals surface area (Å²) in [7, 11) is 0. The van der Waals surface area contributed by atoms with Gasteiger partial charge in [0.25, 0.3) is 5.91 Å². The summed E-state index contributed by atoms with van der Waals surface area (Å²) in [4.78, 5) is 12.1. The van der Waals surface area contributed by atoms with Crippen LogP contribution in [0.5, 0.6) is 5.75 Å². The molecule has 5 heteroatoms. The van der Waals surface area contributed by atoms with E-state index in [-0.39, 0.29) is 12.5 Å². The molecule has 0 aromatic heterocycles. The summed E-state index contributed by atoms with van der Waals surface area (Å²) in [5, 5.41) is 15.0. The first kappa shape index (κ1) is 14.7. The van der Waals surface area contributed by atoms with Crippen LogP contribution in [-0.2, 0) is 4.79 Å². The van der Waals surface area contributed by atoms with Crippen LogP contribution in [0.2, 0.25) is 0 Å². The van der Waals surface area contributed by atoms with Crippen LogP contribution < -0.4 is 15.4 Å². The molecule has 1 aromatic rings. The number of benzene rings is 1. The van der Waals surface area contributed by atoms with E-state index >= 15 is 0 Å². The molecular weight excluding hydrogens is 256 g/mol. The molecule has 0 aliphatic carbocycles. The molecule has 3 N–H and O–H groups in total. The summed E-state index contributed by atoms with van der Waals surface area (Å²) >= 11 is 0. The highest BCUT2D eigenvalue weighted by atomic mass is 16.5. The van der Waals surface area contributed by atoms with Crippen LogP contribution in [0.15, 0.2) is 24.3 Å². The van der Waals surface area contributed by atoms with Crippen LogP contribution in [0.25, 0.3) is 0 Å². The van der Waals surface area contributed by atoms with Crippen molar-refractivity contribution in [3.8, 4) is 5.75 Å². The minimum Gasteiger partial charge on any atom is -0.477 e. The van der Waals surface area contributed by atoms with E-state index in [2.05, 4.69) is 17.6 Å². The Morgan fingerprint density at radius 3 is 3.10 bits per heavy atom. The fraction of sp³-hybridized carbons (Fsp3) is 0.533. The number of nitrogens with one attached hydrogen (secondary N) is 2. The number of aliphatic hydroxyl groups excluding tert-OH is 1. The van der Waals surface area contributed by atoms with Crippen molar-refractivity contribution in [1.29, 1.82) is 0 Å². The van der Waals surface area contributed by atoms with E-state index in [1.807, 2.05) is 24.3 Å². The number of carbonyl (C=O) groups excluding carboxylic acids is 1. The molecule has 1 amide bonds. The van der Waals surface area contributed by atoms with E-state index in [0.717, 1.165) is 12.1 Å². The zero-order valence-corrected chi connectivity index (χ0v) is 11.8. The van der Waals surface area contributed by atoms with Gasteiger partial charge < -0.3 is 20.5 Å². The Hall–Kier alpha value is -1.75. The largest absolute Gasteiger partial charge is 0.477 e. The molecule has 0 saturated heterocycles. The van der Waals surface area contributed by atoms with E-state index in [9.17, 15) is 4.79 Å². The molecule has 2 unspecified atom stereocenters. The lowest BCUT2D eigenvalue weighted by Crippen LogP contribution is -2.46. The Labute approximate surface area is 119 Å². The molecule has 1 aliphatic heterocycles. The van der Waals surface area contributed by atoms with Gasteiger partial charge in [0.05, 0.1) is 12.2 Å². The molecule has 1 aromatic carbocycles. The van der Waals surface area contributed by atoms with Gasteiger partial charge in [-0.1, -0.05) is 25.5 Å². The Morgan fingerprint density at radius 1 is 1.55 bits per heavy atom. The molecule has 2 rings (SSSR count). The smallest absolute Gasteiger partial charge is 0.262 e. The third-order valence-electron chi connectivity index (χ3n) is 3.61. The normalized spacial score (nSPS) is 18.4. The third kappa shape index (κ3) is 3.63. The van der Waals surface area contributed by atoms with Crippen LogP contribution in [0.1, 0.15) is 19.8 Å².